The van der Waals surface area contributed by atoms with E-state index < -0.39 is 5.91 Å². The normalized spacial score (nSPS) is 10.1. The monoisotopic (exact) mass is 180 g/mol. The standard InChI is InChI=1S/C9H12N2O2/c1-6(2)13-8-3-4-11-5-7(8)9(10)12/h3-6H,1-2H3,(H2,10,12). The van der Waals surface area contributed by atoms with Crippen molar-refractivity contribution >= 4 is 5.91 Å². The van der Waals surface area contributed by atoms with Crippen LogP contribution in [0.3, 0.4) is 0 Å². The minimum absolute atomic E-state index is 0.0144. The van der Waals surface area contributed by atoms with Gasteiger partial charge in [0.05, 0.1) is 11.7 Å². The third kappa shape index (κ3) is 2.43. The molecule has 0 spiro atoms. The van der Waals surface area contributed by atoms with Crippen LogP contribution >= 0.6 is 0 Å². The molecule has 0 bridgehead atoms. The Morgan fingerprint density at radius 3 is 2.85 bits per heavy atom. The van der Waals surface area contributed by atoms with Crippen molar-refractivity contribution in [3.8, 4) is 5.75 Å². The number of aromatic nitrogens is 1. The molecule has 0 atom stereocenters. The summed E-state index contributed by atoms with van der Waals surface area (Å²) in [6.45, 7) is 3.76. The predicted octanol–water partition coefficient (Wildman–Crippen LogP) is 0.968. The Hall–Kier alpha value is -1.58. The van der Waals surface area contributed by atoms with Gasteiger partial charge in [-0.05, 0) is 19.9 Å². The van der Waals surface area contributed by atoms with Gasteiger partial charge in [-0.15, -0.1) is 0 Å². The fraction of sp³-hybridized carbons (Fsp3) is 0.333. The van der Waals surface area contributed by atoms with Gasteiger partial charge in [0.2, 0.25) is 0 Å². The summed E-state index contributed by atoms with van der Waals surface area (Å²) < 4.78 is 5.37. The second-order valence-electron chi connectivity index (χ2n) is 2.90. The Morgan fingerprint density at radius 2 is 2.31 bits per heavy atom. The Kier molecular flexibility index (Phi) is 2.84. The quantitative estimate of drug-likeness (QED) is 0.753. The maximum Gasteiger partial charge on any atom is 0.254 e. The smallest absolute Gasteiger partial charge is 0.254 e. The van der Waals surface area contributed by atoms with Crippen LogP contribution in [0.2, 0.25) is 0 Å². The van der Waals surface area contributed by atoms with Gasteiger partial charge in [-0.3, -0.25) is 9.78 Å². The third-order valence-electron chi connectivity index (χ3n) is 1.41. The first-order valence-corrected chi connectivity index (χ1v) is 4.01. The molecular weight excluding hydrogens is 168 g/mol. The molecule has 0 aromatic carbocycles. The van der Waals surface area contributed by atoms with Gasteiger partial charge in [0.1, 0.15) is 5.75 Å². The largest absolute Gasteiger partial charge is 0.490 e. The van der Waals surface area contributed by atoms with Gasteiger partial charge < -0.3 is 10.5 Å². The van der Waals surface area contributed by atoms with Crippen molar-refractivity contribution < 1.29 is 9.53 Å². The minimum atomic E-state index is -0.524. The highest BCUT2D eigenvalue weighted by molar-refractivity contribution is 5.95. The van der Waals surface area contributed by atoms with Crippen LogP contribution in [0, 0.1) is 0 Å². The summed E-state index contributed by atoms with van der Waals surface area (Å²) in [5.74, 6) is -0.0405. The SMILES string of the molecule is CC(C)Oc1ccncc1C(N)=O. The lowest BCUT2D eigenvalue weighted by atomic mass is 10.2. The number of rotatable bonds is 3. The molecule has 70 valence electrons. The van der Waals surface area contributed by atoms with Crippen LogP contribution < -0.4 is 10.5 Å². The van der Waals surface area contributed by atoms with Gasteiger partial charge in [0.25, 0.3) is 5.91 Å². The maximum atomic E-state index is 10.9. The molecule has 0 unspecified atom stereocenters. The molecule has 4 nitrogen and oxygen atoms in total. The molecule has 2 N–H and O–H groups in total. The number of carbonyl (C=O) groups excluding carboxylic acids is 1. The number of ether oxygens (including phenoxy) is 1. The van der Waals surface area contributed by atoms with E-state index in [4.69, 9.17) is 10.5 Å². The molecule has 0 aliphatic rings. The van der Waals surface area contributed by atoms with E-state index in [2.05, 4.69) is 4.98 Å². The molecule has 1 amide bonds. The zero-order valence-corrected chi connectivity index (χ0v) is 7.65. The number of nitrogens with zero attached hydrogens (tertiary/aromatic N) is 1. The van der Waals surface area contributed by atoms with Crippen molar-refractivity contribution in [2.24, 2.45) is 5.73 Å². The van der Waals surface area contributed by atoms with Crippen molar-refractivity contribution in [3.63, 3.8) is 0 Å². The number of pyridine rings is 1. The second kappa shape index (κ2) is 3.89. The lowest BCUT2D eigenvalue weighted by Crippen LogP contribution is -2.15. The van der Waals surface area contributed by atoms with E-state index in [1.165, 1.54) is 6.20 Å². The van der Waals surface area contributed by atoms with Crippen LogP contribution in [0.5, 0.6) is 5.75 Å². The van der Waals surface area contributed by atoms with Gasteiger partial charge >= 0.3 is 0 Å². The number of amides is 1. The second-order valence-corrected chi connectivity index (χ2v) is 2.90. The van der Waals surface area contributed by atoms with E-state index in [1.807, 2.05) is 13.8 Å². The molecule has 0 aliphatic heterocycles. The van der Waals surface area contributed by atoms with Gasteiger partial charge in [-0.2, -0.15) is 0 Å². The highest BCUT2D eigenvalue weighted by atomic mass is 16.5. The summed E-state index contributed by atoms with van der Waals surface area (Å²) in [5.41, 5.74) is 5.45. The molecule has 0 fully saturated rings. The fourth-order valence-corrected chi connectivity index (χ4v) is 0.923. The summed E-state index contributed by atoms with van der Waals surface area (Å²) in [5, 5.41) is 0. The van der Waals surface area contributed by atoms with Gasteiger partial charge in [-0.1, -0.05) is 0 Å². The minimum Gasteiger partial charge on any atom is -0.490 e. The van der Waals surface area contributed by atoms with Crippen LogP contribution in [0.15, 0.2) is 18.5 Å². The average Bonchev–Trinajstić information content (AvgIpc) is 2.03. The average molecular weight is 180 g/mol. The van der Waals surface area contributed by atoms with Crippen molar-refractivity contribution in [3.05, 3.63) is 24.0 Å². The molecular formula is C9H12N2O2. The first-order valence-electron chi connectivity index (χ1n) is 4.01. The highest BCUT2D eigenvalue weighted by Crippen LogP contribution is 2.16. The molecule has 4 heteroatoms. The fourth-order valence-electron chi connectivity index (χ4n) is 0.923. The molecule has 13 heavy (non-hydrogen) atoms. The number of nitrogens with two attached hydrogens (primary N) is 1. The van der Waals surface area contributed by atoms with E-state index >= 15 is 0 Å². The van der Waals surface area contributed by atoms with E-state index in [1.54, 1.807) is 12.3 Å². The molecule has 0 saturated heterocycles. The molecule has 1 heterocycles. The summed E-state index contributed by atoms with van der Waals surface area (Å²) in [7, 11) is 0. The van der Waals surface area contributed by atoms with E-state index in [0.29, 0.717) is 11.3 Å². The zero-order valence-electron chi connectivity index (χ0n) is 7.65. The third-order valence-corrected chi connectivity index (χ3v) is 1.41. The molecule has 1 rings (SSSR count). The Morgan fingerprint density at radius 1 is 1.62 bits per heavy atom. The van der Waals surface area contributed by atoms with Crippen molar-refractivity contribution in [2.45, 2.75) is 20.0 Å². The van der Waals surface area contributed by atoms with E-state index in [-0.39, 0.29) is 6.10 Å². The van der Waals surface area contributed by atoms with Gasteiger partial charge in [0.15, 0.2) is 0 Å². The summed E-state index contributed by atoms with van der Waals surface area (Å²) >= 11 is 0. The van der Waals surface area contributed by atoms with E-state index in [9.17, 15) is 4.79 Å². The van der Waals surface area contributed by atoms with Crippen LogP contribution in [-0.2, 0) is 0 Å². The lowest BCUT2D eigenvalue weighted by molar-refractivity contribution is 0.0994. The van der Waals surface area contributed by atoms with Crippen LogP contribution in [0.4, 0.5) is 0 Å². The van der Waals surface area contributed by atoms with E-state index in [0.717, 1.165) is 0 Å². The number of hydrogen-bond donors (Lipinski definition) is 1. The highest BCUT2D eigenvalue weighted by Gasteiger charge is 2.09. The summed E-state index contributed by atoms with van der Waals surface area (Å²) in [6.07, 6.45) is 2.98. The van der Waals surface area contributed by atoms with Gasteiger partial charge in [0, 0.05) is 12.4 Å². The Balaban J connectivity index is 2.98. The predicted molar refractivity (Wildman–Crippen MR) is 48.5 cm³/mol. The molecule has 1 aromatic heterocycles. The van der Waals surface area contributed by atoms with Crippen molar-refractivity contribution in [2.75, 3.05) is 0 Å². The lowest BCUT2D eigenvalue weighted by Gasteiger charge is -2.11. The van der Waals surface area contributed by atoms with Crippen molar-refractivity contribution in [1.29, 1.82) is 0 Å². The maximum absolute atomic E-state index is 10.9. The number of carbonyl (C=O) groups is 1. The van der Waals surface area contributed by atoms with Gasteiger partial charge in [-0.25, -0.2) is 0 Å². The van der Waals surface area contributed by atoms with Crippen LogP contribution in [-0.4, -0.2) is 17.0 Å². The zero-order chi connectivity index (χ0) is 9.84. The summed E-state index contributed by atoms with van der Waals surface area (Å²) in [4.78, 5) is 14.7. The first kappa shape index (κ1) is 9.51. The van der Waals surface area contributed by atoms with Crippen LogP contribution in [0.1, 0.15) is 24.2 Å². The molecule has 0 aliphatic carbocycles. The summed E-state index contributed by atoms with van der Waals surface area (Å²) in [6, 6.07) is 1.63. The van der Waals surface area contributed by atoms with Crippen molar-refractivity contribution in [1.82, 2.24) is 4.98 Å². The molecule has 0 radical (unpaired) electrons. The topological polar surface area (TPSA) is 65.2 Å². The number of hydrogen-bond acceptors (Lipinski definition) is 3. The Labute approximate surface area is 76.7 Å². The molecule has 1 aromatic rings. The van der Waals surface area contributed by atoms with Crippen LogP contribution in [0.25, 0.3) is 0 Å². The molecule has 0 saturated carbocycles. The first-order chi connectivity index (χ1) is 6.11. The Bertz CT molecular complexity index is 310. The number of primary amides is 1.